The van der Waals surface area contributed by atoms with E-state index in [-0.39, 0.29) is 0 Å². The molecule has 1 saturated heterocycles. The van der Waals surface area contributed by atoms with Crippen LogP contribution in [-0.2, 0) is 0 Å². The van der Waals surface area contributed by atoms with E-state index >= 15 is 0 Å². The monoisotopic (exact) mass is 564 g/mol. The molecule has 0 aromatic heterocycles. The van der Waals surface area contributed by atoms with Crippen LogP contribution in [-0.4, -0.2) is 24.0 Å². The van der Waals surface area contributed by atoms with Crippen molar-refractivity contribution in [2.24, 2.45) is 69.0 Å². The third-order valence-electron chi connectivity index (χ3n) is 16.9. The van der Waals surface area contributed by atoms with Crippen molar-refractivity contribution in [1.82, 2.24) is 4.90 Å². The zero-order valence-electron chi connectivity index (χ0n) is 28.5. The summed E-state index contributed by atoms with van der Waals surface area (Å²) in [4.78, 5) is 2.93. The second-order valence-corrected chi connectivity index (χ2v) is 18.3. The molecule has 1 heteroatoms. The Hall–Kier alpha value is -0.0400. The highest BCUT2D eigenvalue weighted by molar-refractivity contribution is 5.28. The van der Waals surface area contributed by atoms with Gasteiger partial charge in [0.05, 0.1) is 0 Å². The predicted molar refractivity (Wildman–Crippen MR) is 175 cm³/mol. The molecule has 7 aliphatic carbocycles. The molecular formula is C40H69N. The smallest absolute Gasteiger partial charge is 0.00953 e. The largest absolute Gasteiger partial charge is 0.300 e. The lowest BCUT2D eigenvalue weighted by Gasteiger charge is -2.60. The predicted octanol–water partition coefficient (Wildman–Crippen LogP) is 11.2. The van der Waals surface area contributed by atoms with Gasteiger partial charge in [-0.1, -0.05) is 67.2 Å². The molecule has 41 heavy (non-hydrogen) atoms. The summed E-state index contributed by atoms with van der Waals surface area (Å²) >= 11 is 0. The van der Waals surface area contributed by atoms with Gasteiger partial charge in [-0.25, -0.2) is 0 Å². The van der Waals surface area contributed by atoms with E-state index in [2.05, 4.69) is 32.6 Å². The maximum atomic E-state index is 2.93. The van der Waals surface area contributed by atoms with E-state index in [4.69, 9.17) is 0 Å². The van der Waals surface area contributed by atoms with Crippen LogP contribution in [0.25, 0.3) is 0 Å². The van der Waals surface area contributed by atoms with Crippen molar-refractivity contribution in [2.75, 3.05) is 13.1 Å². The average molecular weight is 564 g/mol. The van der Waals surface area contributed by atoms with E-state index in [0.29, 0.717) is 10.8 Å². The van der Waals surface area contributed by atoms with Gasteiger partial charge in [0.25, 0.3) is 0 Å². The van der Waals surface area contributed by atoms with E-state index < -0.39 is 0 Å². The summed E-state index contributed by atoms with van der Waals surface area (Å²) in [5.41, 5.74) is 2.82. The molecule has 0 aromatic carbocycles. The second-order valence-electron chi connectivity index (χ2n) is 18.3. The Kier molecular flexibility index (Phi) is 7.81. The number of rotatable bonds is 5. The molecule has 7 saturated carbocycles. The molecule has 11 atom stereocenters. The van der Waals surface area contributed by atoms with Crippen molar-refractivity contribution >= 4 is 0 Å². The molecule has 11 unspecified atom stereocenters. The molecule has 8 aliphatic rings. The lowest BCUT2D eigenvalue weighted by atomic mass is 9.44. The Labute approximate surface area is 256 Å². The van der Waals surface area contributed by atoms with Crippen LogP contribution in [0.4, 0.5) is 0 Å². The Morgan fingerprint density at radius 1 is 0.707 bits per heavy atom. The van der Waals surface area contributed by atoms with Gasteiger partial charge in [-0.05, 0) is 172 Å². The van der Waals surface area contributed by atoms with Gasteiger partial charge < -0.3 is 4.90 Å². The number of fused-ring (bicyclic) bond motifs is 4. The molecule has 0 amide bonds. The second kappa shape index (κ2) is 10.8. The molecule has 1 heterocycles. The molecule has 0 radical (unpaired) electrons. The van der Waals surface area contributed by atoms with Gasteiger partial charge in [0.15, 0.2) is 0 Å². The van der Waals surface area contributed by atoms with Crippen LogP contribution in [0.2, 0.25) is 0 Å². The SMILES string of the molecule is CC.CCCC1CCC2C(C1)CC1C3CCC4C(C)(C)C(CC5CCCN(C6CCC6)C5)CCC45CC35CCC21C. The van der Waals surface area contributed by atoms with Gasteiger partial charge in [-0.15, -0.1) is 0 Å². The fraction of sp³-hybridized carbons (Fsp3) is 1.00. The number of nitrogens with zero attached hydrogens (tertiary/aromatic N) is 1. The normalized spacial score (nSPS) is 52.0. The molecule has 1 nitrogen and oxygen atoms in total. The maximum Gasteiger partial charge on any atom is 0.00953 e. The quantitative estimate of drug-likeness (QED) is 0.321. The summed E-state index contributed by atoms with van der Waals surface area (Å²) in [7, 11) is 0. The van der Waals surface area contributed by atoms with Crippen molar-refractivity contribution in [3.05, 3.63) is 0 Å². The minimum Gasteiger partial charge on any atom is -0.300 e. The van der Waals surface area contributed by atoms with E-state index in [1.165, 1.54) is 58.0 Å². The molecule has 0 bridgehead atoms. The topological polar surface area (TPSA) is 3.24 Å². The lowest BCUT2D eigenvalue weighted by molar-refractivity contribution is -0.115. The van der Waals surface area contributed by atoms with E-state index in [1.54, 1.807) is 77.0 Å². The van der Waals surface area contributed by atoms with Crippen molar-refractivity contribution in [3.8, 4) is 0 Å². The number of piperidine rings is 1. The fourth-order valence-corrected chi connectivity index (χ4v) is 14.9. The summed E-state index contributed by atoms with van der Waals surface area (Å²) in [6.07, 6.45) is 29.7. The summed E-state index contributed by atoms with van der Waals surface area (Å²) in [6, 6.07) is 0.964. The van der Waals surface area contributed by atoms with Crippen molar-refractivity contribution in [2.45, 2.75) is 170 Å². The van der Waals surface area contributed by atoms with Crippen molar-refractivity contribution in [1.29, 1.82) is 0 Å². The molecule has 234 valence electrons. The van der Waals surface area contributed by atoms with Gasteiger partial charge in [0, 0.05) is 12.6 Å². The minimum atomic E-state index is 0.573. The standard InChI is InChI=1S/C38H63N.C2H6/c1-5-8-26-12-13-31-28(21-26)23-33-32-14-15-34-35(2,3)29(22-27-9-7-20-39(24-27)30-10-6-11-30)16-17-38(34)25-37(32,38)19-18-36(31,33)4;1-2/h26-34H,5-25H2,1-4H3;1-2H3. The van der Waals surface area contributed by atoms with Crippen LogP contribution in [0.15, 0.2) is 0 Å². The molecule has 0 N–H and O–H groups in total. The van der Waals surface area contributed by atoms with Crippen LogP contribution in [0.5, 0.6) is 0 Å². The third-order valence-corrected chi connectivity index (χ3v) is 16.9. The molecule has 0 aromatic rings. The Morgan fingerprint density at radius 3 is 2.27 bits per heavy atom. The minimum absolute atomic E-state index is 0.573. The van der Waals surface area contributed by atoms with Crippen LogP contribution >= 0.6 is 0 Å². The lowest BCUT2D eigenvalue weighted by Crippen LogP contribution is -2.53. The van der Waals surface area contributed by atoms with Gasteiger partial charge in [-0.3, -0.25) is 0 Å². The Bertz CT molecular complexity index is 933. The first-order chi connectivity index (χ1) is 19.8. The first-order valence-electron chi connectivity index (χ1n) is 19.5. The van der Waals surface area contributed by atoms with Crippen LogP contribution in [0, 0.1) is 69.0 Å². The molecular weight excluding hydrogens is 494 g/mol. The highest BCUT2D eigenvalue weighted by Gasteiger charge is 2.80. The van der Waals surface area contributed by atoms with Gasteiger partial charge in [0.2, 0.25) is 0 Å². The first kappa shape index (κ1) is 29.7. The van der Waals surface area contributed by atoms with Gasteiger partial charge in [0.1, 0.15) is 0 Å². The van der Waals surface area contributed by atoms with E-state index in [9.17, 15) is 0 Å². The summed E-state index contributed by atoms with van der Waals surface area (Å²) in [6.45, 7) is 17.7. The van der Waals surface area contributed by atoms with Crippen LogP contribution < -0.4 is 0 Å². The number of hydrogen-bond acceptors (Lipinski definition) is 1. The highest BCUT2D eigenvalue weighted by Crippen LogP contribution is 2.87. The van der Waals surface area contributed by atoms with E-state index in [0.717, 1.165) is 64.2 Å². The Morgan fingerprint density at radius 2 is 1.51 bits per heavy atom. The third kappa shape index (κ3) is 4.36. The molecule has 1 aliphatic heterocycles. The summed E-state index contributed by atoms with van der Waals surface area (Å²) in [5.74, 6) is 8.46. The van der Waals surface area contributed by atoms with Gasteiger partial charge in [-0.2, -0.15) is 0 Å². The molecule has 2 spiro atoms. The number of hydrogen-bond donors (Lipinski definition) is 0. The van der Waals surface area contributed by atoms with Crippen molar-refractivity contribution < 1.29 is 0 Å². The van der Waals surface area contributed by atoms with E-state index in [1.807, 2.05) is 13.8 Å². The van der Waals surface area contributed by atoms with Gasteiger partial charge >= 0.3 is 0 Å². The maximum absolute atomic E-state index is 2.93. The molecule has 8 fully saturated rings. The van der Waals surface area contributed by atoms with Crippen molar-refractivity contribution in [3.63, 3.8) is 0 Å². The highest BCUT2D eigenvalue weighted by atomic mass is 15.2. The number of likely N-dealkylation sites (tertiary alicyclic amines) is 1. The van der Waals surface area contributed by atoms with Crippen LogP contribution in [0.1, 0.15) is 164 Å². The zero-order chi connectivity index (χ0) is 28.6. The zero-order valence-corrected chi connectivity index (χ0v) is 28.5. The first-order valence-corrected chi connectivity index (χ1v) is 19.5. The average Bonchev–Trinajstić information content (AvgIpc) is 3.51. The summed E-state index contributed by atoms with van der Waals surface area (Å²) < 4.78 is 0. The van der Waals surface area contributed by atoms with Crippen LogP contribution in [0.3, 0.4) is 0 Å². The fourth-order valence-electron chi connectivity index (χ4n) is 14.9. The molecule has 8 rings (SSSR count). The summed E-state index contributed by atoms with van der Waals surface area (Å²) in [5, 5.41) is 0. The Balaban J connectivity index is 0.00000135.